The van der Waals surface area contributed by atoms with Crippen molar-refractivity contribution in [3.8, 4) is 10.6 Å². The highest BCUT2D eigenvalue weighted by Crippen LogP contribution is 2.41. The molecule has 1 aliphatic rings. The van der Waals surface area contributed by atoms with E-state index in [9.17, 15) is 28.5 Å². The molecule has 0 unspecified atom stereocenters. The zero-order valence-electron chi connectivity index (χ0n) is 22.7. The molecule has 9 nitrogen and oxygen atoms in total. The van der Waals surface area contributed by atoms with Crippen LogP contribution in [0.4, 0.5) is 24.9 Å². The van der Waals surface area contributed by atoms with Gasteiger partial charge in [0.05, 0.1) is 27.7 Å². The summed E-state index contributed by atoms with van der Waals surface area (Å²) in [4.78, 5) is 18.1. The quantitative estimate of drug-likeness (QED) is 0.185. The van der Waals surface area contributed by atoms with Crippen LogP contribution in [0, 0.1) is 12.8 Å². The summed E-state index contributed by atoms with van der Waals surface area (Å²) in [6.07, 6.45) is -1.71. The number of halogens is 3. The van der Waals surface area contributed by atoms with Crippen LogP contribution < -0.4 is 10.6 Å². The van der Waals surface area contributed by atoms with Crippen molar-refractivity contribution in [2.24, 2.45) is 5.92 Å². The second-order valence-corrected chi connectivity index (χ2v) is 12.0. The van der Waals surface area contributed by atoms with E-state index in [0.717, 1.165) is 16.8 Å². The van der Waals surface area contributed by atoms with Gasteiger partial charge in [-0.05, 0) is 43.5 Å². The molecule has 5 N–H and O–H groups in total. The first-order valence-corrected chi connectivity index (χ1v) is 13.9. The van der Waals surface area contributed by atoms with Gasteiger partial charge in [0.1, 0.15) is 22.4 Å². The highest BCUT2D eigenvalue weighted by atomic mass is 32.1. The predicted octanol–water partition coefficient (Wildman–Crippen LogP) is 4.73. The van der Waals surface area contributed by atoms with E-state index < -0.39 is 34.9 Å². The molecule has 0 radical (unpaired) electrons. The molecule has 0 bridgehead atoms. The average Bonchev–Trinajstić information content (AvgIpc) is 3.47. The van der Waals surface area contributed by atoms with E-state index in [4.69, 9.17) is 0 Å². The van der Waals surface area contributed by atoms with Crippen LogP contribution in [0.25, 0.3) is 20.8 Å². The molecule has 218 valence electrons. The summed E-state index contributed by atoms with van der Waals surface area (Å²) in [5, 5.41) is 38.5. The van der Waals surface area contributed by atoms with Crippen LogP contribution in [0.3, 0.4) is 0 Å². The molecule has 3 heterocycles. The SMILES string of the molecule is Cc1nc(NCC(C)(C)c2ccc(C(F)(F)F)cc2)nc(N[C@@]2(O)CC[C@H](CO)[C@H]2O)c1-c1nc2cnccc2s1. The maximum atomic E-state index is 13.0. The largest absolute Gasteiger partial charge is 0.416 e. The van der Waals surface area contributed by atoms with Crippen molar-refractivity contribution in [3.05, 3.63) is 59.5 Å². The second-order valence-electron chi connectivity index (χ2n) is 11.0. The first-order chi connectivity index (χ1) is 19.3. The third-order valence-electron chi connectivity index (χ3n) is 7.58. The Morgan fingerprint density at radius 1 is 1.07 bits per heavy atom. The number of hydrogen-bond donors (Lipinski definition) is 5. The van der Waals surface area contributed by atoms with E-state index in [2.05, 4.69) is 30.6 Å². The van der Waals surface area contributed by atoms with Gasteiger partial charge in [-0.3, -0.25) is 4.98 Å². The van der Waals surface area contributed by atoms with E-state index in [-0.39, 0.29) is 24.8 Å². The number of alkyl halides is 3. The summed E-state index contributed by atoms with van der Waals surface area (Å²) in [6, 6.07) is 6.90. The smallest absolute Gasteiger partial charge is 0.396 e. The Morgan fingerprint density at radius 3 is 2.41 bits per heavy atom. The van der Waals surface area contributed by atoms with Crippen molar-refractivity contribution in [1.82, 2.24) is 19.9 Å². The highest BCUT2D eigenvalue weighted by molar-refractivity contribution is 7.21. The number of thiazole rings is 1. The minimum atomic E-state index is -4.41. The van der Waals surface area contributed by atoms with E-state index >= 15 is 0 Å². The molecule has 13 heteroatoms. The number of anilines is 2. The lowest BCUT2D eigenvalue weighted by molar-refractivity contribution is -0.137. The van der Waals surface area contributed by atoms with Crippen LogP contribution in [-0.4, -0.2) is 60.2 Å². The van der Waals surface area contributed by atoms with Gasteiger partial charge in [-0.2, -0.15) is 18.2 Å². The number of benzene rings is 1. The summed E-state index contributed by atoms with van der Waals surface area (Å²) >= 11 is 1.41. The fourth-order valence-electron chi connectivity index (χ4n) is 5.03. The Labute approximate surface area is 238 Å². The number of nitrogens with one attached hydrogen (secondary N) is 2. The second kappa shape index (κ2) is 10.8. The number of aliphatic hydroxyl groups excluding tert-OH is 2. The van der Waals surface area contributed by atoms with E-state index in [1.807, 2.05) is 19.9 Å². The molecule has 0 aliphatic heterocycles. The molecular formula is C28H31F3N6O3S. The molecule has 4 aromatic rings. The lowest BCUT2D eigenvalue weighted by Gasteiger charge is -2.31. The number of pyridine rings is 1. The van der Waals surface area contributed by atoms with Crippen LogP contribution >= 0.6 is 11.3 Å². The van der Waals surface area contributed by atoms with Crippen molar-refractivity contribution >= 4 is 33.3 Å². The Balaban J connectivity index is 1.47. The lowest BCUT2D eigenvalue weighted by Crippen LogP contribution is -2.48. The number of nitrogens with zero attached hydrogens (tertiary/aromatic N) is 4. The third-order valence-corrected chi connectivity index (χ3v) is 8.63. The summed E-state index contributed by atoms with van der Waals surface area (Å²) < 4.78 is 40.0. The molecule has 0 amide bonds. The maximum Gasteiger partial charge on any atom is 0.416 e. The number of fused-ring (bicyclic) bond motifs is 1. The molecule has 0 saturated heterocycles. The standard InChI is InChI=1S/C28H31F3N6O3S/c1-15-21(24-35-19-12-32-11-9-20(19)41-24)23(37-27(40)10-8-16(13-38)22(27)39)36-25(34-15)33-14-26(2,3)17-4-6-18(7-5-17)28(29,30)31/h4-7,9,11-12,16,22,38-40H,8,10,13-14H2,1-3H3,(H2,33,34,36,37)/t16-,22-,27-/m1/s1. The van der Waals surface area contributed by atoms with Crippen molar-refractivity contribution in [3.63, 3.8) is 0 Å². The molecule has 0 spiro atoms. The van der Waals surface area contributed by atoms with Crippen LogP contribution in [0.1, 0.15) is 43.5 Å². The molecule has 5 rings (SSSR count). The van der Waals surface area contributed by atoms with Gasteiger partial charge in [-0.15, -0.1) is 11.3 Å². The van der Waals surface area contributed by atoms with Crippen molar-refractivity contribution in [2.45, 2.75) is 57.0 Å². The average molecular weight is 589 g/mol. The normalized spacial score (nSPS) is 21.4. The fraction of sp³-hybridized carbons (Fsp3) is 0.429. The van der Waals surface area contributed by atoms with Gasteiger partial charge in [-0.1, -0.05) is 26.0 Å². The molecule has 3 atom stereocenters. The number of aromatic nitrogens is 4. The maximum absolute atomic E-state index is 13.0. The fourth-order valence-corrected chi connectivity index (χ4v) is 6.06. The summed E-state index contributed by atoms with van der Waals surface area (Å²) in [7, 11) is 0. The summed E-state index contributed by atoms with van der Waals surface area (Å²) in [5.74, 6) is -0.0136. The topological polar surface area (TPSA) is 136 Å². The Hall–Kier alpha value is -3.39. The molecule has 1 saturated carbocycles. The Morgan fingerprint density at radius 2 is 1.78 bits per heavy atom. The zero-order chi connectivity index (χ0) is 29.6. The van der Waals surface area contributed by atoms with Crippen LogP contribution in [0.2, 0.25) is 0 Å². The van der Waals surface area contributed by atoms with Crippen molar-refractivity contribution < 1.29 is 28.5 Å². The van der Waals surface area contributed by atoms with Crippen molar-refractivity contribution in [1.29, 1.82) is 0 Å². The van der Waals surface area contributed by atoms with Gasteiger partial charge in [0.2, 0.25) is 5.95 Å². The molecule has 1 fully saturated rings. The van der Waals surface area contributed by atoms with Gasteiger partial charge in [0.15, 0.2) is 5.72 Å². The molecular weight excluding hydrogens is 557 g/mol. The van der Waals surface area contributed by atoms with Crippen molar-refractivity contribution in [2.75, 3.05) is 23.8 Å². The number of rotatable bonds is 8. The Kier molecular flexibility index (Phi) is 7.66. The first-order valence-electron chi connectivity index (χ1n) is 13.1. The zero-order valence-corrected chi connectivity index (χ0v) is 23.5. The molecule has 41 heavy (non-hydrogen) atoms. The van der Waals surface area contributed by atoms with Gasteiger partial charge in [0.25, 0.3) is 0 Å². The molecule has 1 aliphatic carbocycles. The summed E-state index contributed by atoms with van der Waals surface area (Å²) in [6.45, 7) is 5.60. The van der Waals surface area contributed by atoms with Gasteiger partial charge in [0, 0.05) is 30.7 Å². The molecule has 3 aromatic heterocycles. The predicted molar refractivity (Wildman–Crippen MR) is 151 cm³/mol. The number of aliphatic hydroxyl groups is 3. The summed E-state index contributed by atoms with van der Waals surface area (Å²) in [5.41, 5.74) is -0.535. The van der Waals surface area contributed by atoms with E-state index in [0.29, 0.717) is 40.3 Å². The van der Waals surface area contributed by atoms with E-state index in [1.54, 1.807) is 19.3 Å². The van der Waals surface area contributed by atoms with E-state index in [1.165, 1.54) is 23.5 Å². The van der Waals surface area contributed by atoms with Gasteiger partial charge in [-0.25, -0.2) is 9.97 Å². The minimum absolute atomic E-state index is 0.190. The number of aryl methyl sites for hydroxylation is 1. The third kappa shape index (κ3) is 5.85. The highest BCUT2D eigenvalue weighted by Gasteiger charge is 2.47. The first kappa shape index (κ1) is 29.1. The van der Waals surface area contributed by atoms with Gasteiger partial charge >= 0.3 is 6.18 Å². The van der Waals surface area contributed by atoms with Crippen LogP contribution in [-0.2, 0) is 11.6 Å². The Bertz CT molecular complexity index is 1510. The number of hydrogen-bond acceptors (Lipinski definition) is 10. The minimum Gasteiger partial charge on any atom is -0.396 e. The monoisotopic (exact) mass is 588 g/mol. The van der Waals surface area contributed by atoms with Gasteiger partial charge < -0.3 is 26.0 Å². The molecule has 1 aromatic carbocycles. The van der Waals surface area contributed by atoms with Crippen LogP contribution in [0.15, 0.2) is 42.7 Å². The van der Waals surface area contributed by atoms with Crippen LogP contribution in [0.5, 0.6) is 0 Å². The lowest BCUT2D eigenvalue weighted by atomic mass is 9.84.